The van der Waals surface area contributed by atoms with Gasteiger partial charge in [0.25, 0.3) is 0 Å². The minimum atomic E-state index is -0.776. The van der Waals surface area contributed by atoms with Crippen molar-refractivity contribution in [2.24, 2.45) is 11.3 Å². The van der Waals surface area contributed by atoms with Crippen LogP contribution in [0.4, 0.5) is 10.5 Å². The average molecular weight is 350 g/mol. The van der Waals surface area contributed by atoms with Crippen LogP contribution in [0.1, 0.15) is 19.3 Å². The van der Waals surface area contributed by atoms with Crippen LogP contribution in [0.15, 0.2) is 23.1 Å². The lowest BCUT2D eigenvalue weighted by Gasteiger charge is -2.23. The predicted octanol–water partition coefficient (Wildman–Crippen LogP) is 3.14. The lowest BCUT2D eigenvalue weighted by molar-refractivity contribution is -0.149. The molecule has 0 spiro atoms. The van der Waals surface area contributed by atoms with Gasteiger partial charge in [0.05, 0.1) is 18.2 Å². The van der Waals surface area contributed by atoms with Crippen LogP contribution in [0.3, 0.4) is 0 Å². The number of benzene rings is 1. The topological polar surface area (TPSA) is 78.9 Å². The number of nitrogens with zero attached hydrogens (tertiary/aromatic N) is 1. The Labute approximate surface area is 145 Å². The molecule has 1 aromatic rings. The summed E-state index contributed by atoms with van der Waals surface area (Å²) < 4.78 is 5.34. The fraction of sp³-hybridized carbons (Fsp3) is 0.529. The standard InChI is InChI=1S/C17H22N2O4S/c1-23-14-8-12(24-2)5-6-13(14)18-16(22)19-9-11-4-3-7-17(11,10-19)15(20)21/h5-6,8,11H,3-4,7,9-10H2,1-2H3,(H,18,22)(H,20,21)/t11-,17+/m0/s1. The zero-order valence-corrected chi connectivity index (χ0v) is 14.7. The number of anilines is 1. The van der Waals surface area contributed by atoms with E-state index in [1.165, 1.54) is 0 Å². The fourth-order valence-corrected chi connectivity index (χ4v) is 4.32. The number of carbonyl (C=O) groups is 2. The van der Waals surface area contributed by atoms with Gasteiger partial charge in [0.2, 0.25) is 0 Å². The molecule has 1 heterocycles. The van der Waals surface area contributed by atoms with Crippen LogP contribution in [0, 0.1) is 11.3 Å². The number of nitrogens with one attached hydrogen (secondary N) is 1. The number of hydrogen-bond donors (Lipinski definition) is 2. The zero-order valence-electron chi connectivity index (χ0n) is 13.9. The molecule has 2 atom stereocenters. The number of methoxy groups -OCH3 is 1. The first-order valence-electron chi connectivity index (χ1n) is 8.01. The minimum absolute atomic E-state index is 0.0570. The molecule has 0 radical (unpaired) electrons. The number of carboxylic acids is 1. The first kappa shape index (κ1) is 17.0. The highest BCUT2D eigenvalue weighted by molar-refractivity contribution is 7.98. The Morgan fingerprint density at radius 2 is 2.25 bits per heavy atom. The molecule has 24 heavy (non-hydrogen) atoms. The third kappa shape index (κ3) is 2.81. The van der Waals surface area contributed by atoms with Gasteiger partial charge in [0.15, 0.2) is 0 Å². The lowest BCUT2D eigenvalue weighted by atomic mass is 9.81. The molecule has 1 aliphatic carbocycles. The van der Waals surface area contributed by atoms with Gasteiger partial charge in [-0.05, 0) is 43.2 Å². The third-order valence-corrected chi connectivity index (χ3v) is 5.96. The lowest BCUT2D eigenvalue weighted by Crippen LogP contribution is -2.38. The van der Waals surface area contributed by atoms with E-state index in [1.54, 1.807) is 23.8 Å². The number of carboxylic acid groups (broad SMARTS) is 1. The third-order valence-electron chi connectivity index (χ3n) is 5.23. The molecule has 7 heteroatoms. The van der Waals surface area contributed by atoms with Crippen LogP contribution in [0.5, 0.6) is 5.75 Å². The minimum Gasteiger partial charge on any atom is -0.495 e. The van der Waals surface area contributed by atoms with Gasteiger partial charge in [-0.15, -0.1) is 11.8 Å². The quantitative estimate of drug-likeness (QED) is 0.816. The molecule has 2 N–H and O–H groups in total. The molecule has 0 bridgehead atoms. The normalized spacial score (nSPS) is 25.4. The van der Waals surface area contributed by atoms with Gasteiger partial charge in [-0.25, -0.2) is 4.79 Å². The van der Waals surface area contributed by atoms with E-state index < -0.39 is 11.4 Å². The van der Waals surface area contributed by atoms with Gasteiger partial charge < -0.3 is 20.1 Å². The van der Waals surface area contributed by atoms with E-state index in [-0.39, 0.29) is 18.5 Å². The van der Waals surface area contributed by atoms with Crippen LogP contribution < -0.4 is 10.1 Å². The highest BCUT2D eigenvalue weighted by Gasteiger charge is 2.55. The summed E-state index contributed by atoms with van der Waals surface area (Å²) in [5, 5.41) is 12.5. The summed E-state index contributed by atoms with van der Waals surface area (Å²) in [4.78, 5) is 27.0. The molecule has 2 aliphatic rings. The molecule has 2 fully saturated rings. The van der Waals surface area contributed by atoms with Crippen LogP contribution in [0.2, 0.25) is 0 Å². The van der Waals surface area contributed by atoms with Gasteiger partial charge in [-0.3, -0.25) is 4.79 Å². The van der Waals surface area contributed by atoms with Gasteiger partial charge >= 0.3 is 12.0 Å². The number of carbonyl (C=O) groups excluding carboxylic acids is 1. The molecule has 2 amide bonds. The van der Waals surface area contributed by atoms with Crippen LogP contribution >= 0.6 is 11.8 Å². The van der Waals surface area contributed by atoms with Crippen molar-refractivity contribution in [1.29, 1.82) is 0 Å². The number of aliphatic carboxylic acids is 1. The number of likely N-dealkylation sites (tertiary alicyclic amines) is 1. The molecule has 1 saturated heterocycles. The first-order valence-corrected chi connectivity index (χ1v) is 9.24. The van der Waals surface area contributed by atoms with E-state index in [9.17, 15) is 14.7 Å². The average Bonchev–Trinajstić information content (AvgIpc) is 3.13. The molecule has 1 saturated carbocycles. The Hall–Kier alpha value is -1.89. The maximum Gasteiger partial charge on any atom is 0.321 e. The molecule has 0 unspecified atom stereocenters. The van der Waals surface area contributed by atoms with Gasteiger partial charge in [-0.2, -0.15) is 0 Å². The van der Waals surface area contributed by atoms with Crippen LogP contribution in [0.25, 0.3) is 0 Å². The maximum atomic E-state index is 12.6. The Kier molecular flexibility index (Phi) is 4.62. The SMILES string of the molecule is COc1cc(SC)ccc1NC(=O)N1C[C@@H]2CCC[C@@]2(C(=O)O)C1. The molecular weight excluding hydrogens is 328 g/mol. The predicted molar refractivity (Wildman–Crippen MR) is 92.8 cm³/mol. The molecular formula is C17H22N2O4S. The molecule has 130 valence electrons. The zero-order chi connectivity index (χ0) is 17.3. The van der Waals surface area contributed by atoms with Crippen LogP contribution in [-0.4, -0.2) is 48.5 Å². The Bertz CT molecular complexity index is 666. The summed E-state index contributed by atoms with van der Waals surface area (Å²) in [6, 6.07) is 5.34. The molecule has 1 aromatic carbocycles. The van der Waals surface area contributed by atoms with E-state index >= 15 is 0 Å². The smallest absolute Gasteiger partial charge is 0.321 e. The number of fused-ring (bicyclic) bond motifs is 1. The molecule has 0 aromatic heterocycles. The van der Waals surface area contributed by atoms with Crippen LogP contribution in [-0.2, 0) is 4.79 Å². The molecule has 3 rings (SSSR count). The largest absolute Gasteiger partial charge is 0.495 e. The van der Waals surface area contributed by atoms with Crippen molar-refractivity contribution in [1.82, 2.24) is 4.90 Å². The van der Waals surface area contributed by atoms with E-state index in [1.807, 2.05) is 24.5 Å². The second kappa shape index (κ2) is 6.55. The Morgan fingerprint density at radius 3 is 2.88 bits per heavy atom. The van der Waals surface area contributed by atoms with Crippen molar-refractivity contribution in [2.75, 3.05) is 31.8 Å². The van der Waals surface area contributed by atoms with Gasteiger partial charge in [0, 0.05) is 18.0 Å². The van der Waals surface area contributed by atoms with Gasteiger partial charge in [0.1, 0.15) is 5.75 Å². The Balaban J connectivity index is 1.74. The van der Waals surface area contributed by atoms with Crippen molar-refractivity contribution in [2.45, 2.75) is 24.2 Å². The van der Waals surface area contributed by atoms with Gasteiger partial charge in [-0.1, -0.05) is 6.42 Å². The van der Waals surface area contributed by atoms with Crippen molar-refractivity contribution in [3.05, 3.63) is 18.2 Å². The number of ether oxygens (including phenoxy) is 1. The number of amides is 2. The summed E-state index contributed by atoms with van der Waals surface area (Å²) in [5.41, 5.74) is -0.161. The van der Waals surface area contributed by atoms with Crippen molar-refractivity contribution < 1.29 is 19.4 Å². The number of rotatable bonds is 4. The maximum absolute atomic E-state index is 12.6. The second-order valence-corrected chi connectivity index (χ2v) is 7.31. The number of hydrogen-bond acceptors (Lipinski definition) is 4. The first-order chi connectivity index (χ1) is 11.5. The highest BCUT2D eigenvalue weighted by atomic mass is 32.2. The summed E-state index contributed by atoms with van der Waals surface area (Å²) in [5.74, 6) is -0.119. The second-order valence-electron chi connectivity index (χ2n) is 6.43. The van der Waals surface area contributed by atoms with E-state index in [0.29, 0.717) is 24.4 Å². The summed E-state index contributed by atoms with van der Waals surface area (Å²) >= 11 is 1.60. The monoisotopic (exact) mass is 350 g/mol. The summed E-state index contributed by atoms with van der Waals surface area (Å²) in [6.45, 7) is 0.785. The summed E-state index contributed by atoms with van der Waals surface area (Å²) in [6.07, 6.45) is 4.43. The molecule has 6 nitrogen and oxygen atoms in total. The Morgan fingerprint density at radius 1 is 1.46 bits per heavy atom. The van der Waals surface area contributed by atoms with E-state index in [2.05, 4.69) is 5.32 Å². The van der Waals surface area contributed by atoms with E-state index in [4.69, 9.17) is 4.74 Å². The van der Waals surface area contributed by atoms with E-state index in [0.717, 1.165) is 17.7 Å². The fourth-order valence-electron chi connectivity index (χ4n) is 3.89. The molecule has 1 aliphatic heterocycles. The summed E-state index contributed by atoms with van der Waals surface area (Å²) in [7, 11) is 1.56. The number of urea groups is 1. The number of thioether (sulfide) groups is 1. The van der Waals surface area contributed by atoms with Crippen molar-refractivity contribution >= 4 is 29.4 Å². The van der Waals surface area contributed by atoms with Crippen molar-refractivity contribution in [3.8, 4) is 5.75 Å². The highest BCUT2D eigenvalue weighted by Crippen LogP contribution is 2.49. The van der Waals surface area contributed by atoms with Crippen molar-refractivity contribution in [3.63, 3.8) is 0 Å².